The van der Waals surface area contributed by atoms with E-state index < -0.39 is 5.60 Å². The quantitative estimate of drug-likeness (QED) is 0.256. The number of carbonyl (C=O) groups excluding carboxylic acids is 3. The lowest BCUT2D eigenvalue weighted by Gasteiger charge is -2.73. The van der Waals surface area contributed by atoms with Crippen LogP contribution in [-0.2, 0) is 19.1 Å². The molecule has 5 aliphatic carbocycles. The second-order valence-corrected chi connectivity index (χ2v) is 17.5. The van der Waals surface area contributed by atoms with Gasteiger partial charge in [-0.2, -0.15) is 0 Å². The van der Waals surface area contributed by atoms with Crippen molar-refractivity contribution in [3.8, 4) is 0 Å². The Kier molecular flexibility index (Phi) is 6.44. The second-order valence-electron chi connectivity index (χ2n) is 17.5. The van der Waals surface area contributed by atoms with Crippen molar-refractivity contribution in [2.75, 3.05) is 0 Å². The molecule has 5 saturated carbocycles. The van der Waals surface area contributed by atoms with Crippen LogP contribution in [0.3, 0.4) is 0 Å². The van der Waals surface area contributed by atoms with Gasteiger partial charge in [-0.3, -0.25) is 9.59 Å². The largest absolute Gasteiger partial charge is 0.450 e. The van der Waals surface area contributed by atoms with E-state index in [4.69, 9.17) is 4.74 Å². The van der Waals surface area contributed by atoms with Gasteiger partial charge in [-0.05, 0) is 122 Å². The van der Waals surface area contributed by atoms with E-state index >= 15 is 0 Å². The molecule has 6 aliphatic rings. The molecule has 1 saturated heterocycles. The van der Waals surface area contributed by atoms with Gasteiger partial charge in [0.25, 0.3) is 0 Å². The monoisotopic (exact) mass is 552 g/mol. The summed E-state index contributed by atoms with van der Waals surface area (Å²) in [7, 11) is 0. The molecule has 6 fully saturated rings. The Labute approximate surface area is 243 Å². The molecule has 0 aromatic carbocycles. The molecule has 0 aromatic heterocycles. The zero-order chi connectivity index (χ0) is 29.1. The Balaban J connectivity index is 1.37. The molecule has 0 radical (unpaired) electrons. The van der Waals surface area contributed by atoms with E-state index in [-0.39, 0.29) is 44.7 Å². The maximum Gasteiger partial charge on any atom is 0.307 e. The van der Waals surface area contributed by atoms with Crippen molar-refractivity contribution in [3.63, 3.8) is 0 Å². The van der Waals surface area contributed by atoms with E-state index in [0.29, 0.717) is 54.8 Å². The molecule has 224 valence electrons. The Morgan fingerprint density at radius 2 is 1.52 bits per heavy atom. The first-order valence-corrected chi connectivity index (χ1v) is 16.8. The summed E-state index contributed by atoms with van der Waals surface area (Å²) in [5.74, 6) is 3.43. The number of ether oxygens (including phenoxy) is 1. The summed E-state index contributed by atoms with van der Waals surface area (Å²) >= 11 is 0. The first kappa shape index (κ1) is 28.9. The van der Waals surface area contributed by atoms with Crippen LogP contribution in [0.1, 0.15) is 132 Å². The maximum absolute atomic E-state index is 13.9. The number of ketones is 1. The third-order valence-electron chi connectivity index (χ3n) is 15.6. The van der Waals surface area contributed by atoms with Crippen molar-refractivity contribution in [3.05, 3.63) is 0 Å². The number of aldehydes is 1. The molecule has 0 N–H and O–H groups in total. The molecule has 4 nitrogen and oxygen atoms in total. The van der Waals surface area contributed by atoms with Crippen LogP contribution < -0.4 is 0 Å². The number of esters is 1. The van der Waals surface area contributed by atoms with Gasteiger partial charge >= 0.3 is 5.97 Å². The summed E-state index contributed by atoms with van der Waals surface area (Å²) in [4.78, 5) is 39.6. The van der Waals surface area contributed by atoms with E-state index in [1.54, 1.807) is 0 Å². The fourth-order valence-electron chi connectivity index (χ4n) is 13.4. The van der Waals surface area contributed by atoms with Crippen molar-refractivity contribution in [2.45, 2.75) is 138 Å². The van der Waals surface area contributed by atoms with Crippen LogP contribution in [0.5, 0.6) is 0 Å². The summed E-state index contributed by atoms with van der Waals surface area (Å²) < 4.78 is 6.28. The molecule has 40 heavy (non-hydrogen) atoms. The Morgan fingerprint density at radius 3 is 2.20 bits per heavy atom. The highest BCUT2D eigenvalue weighted by atomic mass is 16.6. The summed E-state index contributed by atoms with van der Waals surface area (Å²) in [5, 5.41) is 0. The molecule has 0 bridgehead atoms. The van der Waals surface area contributed by atoms with E-state index in [9.17, 15) is 14.4 Å². The number of Topliss-reactive ketones (excluding diaryl/α,β-unsaturated/α-hetero) is 1. The van der Waals surface area contributed by atoms with Crippen LogP contribution in [0.4, 0.5) is 0 Å². The Morgan fingerprint density at radius 1 is 0.800 bits per heavy atom. The van der Waals surface area contributed by atoms with Gasteiger partial charge in [-0.15, -0.1) is 0 Å². The molecule has 11 atom stereocenters. The lowest BCUT2D eigenvalue weighted by atomic mass is 9.31. The van der Waals surface area contributed by atoms with E-state index in [1.165, 1.54) is 38.4 Å². The summed E-state index contributed by atoms with van der Waals surface area (Å²) in [6.45, 7) is 19.1. The number of fused-ring (bicyclic) bond motifs is 7. The van der Waals surface area contributed by atoms with Crippen molar-refractivity contribution in [2.24, 2.45) is 68.5 Å². The number of rotatable bonds is 2. The van der Waals surface area contributed by atoms with Gasteiger partial charge in [0, 0.05) is 23.7 Å². The Bertz CT molecular complexity index is 1090. The van der Waals surface area contributed by atoms with Crippen molar-refractivity contribution in [1.82, 2.24) is 0 Å². The molecular formula is C36H56O4. The van der Waals surface area contributed by atoms with E-state index in [0.717, 1.165) is 25.7 Å². The lowest BCUT2D eigenvalue weighted by molar-refractivity contribution is -0.263. The van der Waals surface area contributed by atoms with Gasteiger partial charge in [0.2, 0.25) is 0 Å². The van der Waals surface area contributed by atoms with Crippen LogP contribution in [0.15, 0.2) is 0 Å². The highest BCUT2D eigenvalue weighted by molar-refractivity contribution is 5.92. The van der Waals surface area contributed by atoms with E-state index in [1.807, 2.05) is 6.92 Å². The number of carbonyl (C=O) groups is 3. The zero-order valence-electron chi connectivity index (χ0n) is 26.7. The van der Waals surface area contributed by atoms with Gasteiger partial charge in [-0.25, -0.2) is 0 Å². The van der Waals surface area contributed by atoms with Gasteiger partial charge in [-0.1, -0.05) is 55.4 Å². The van der Waals surface area contributed by atoms with Gasteiger partial charge < -0.3 is 9.53 Å². The fraction of sp³-hybridized carbons (Fsp3) is 0.917. The second kappa shape index (κ2) is 8.91. The molecular weight excluding hydrogens is 496 g/mol. The molecule has 0 amide bonds. The van der Waals surface area contributed by atoms with Gasteiger partial charge in [0.1, 0.15) is 6.29 Å². The van der Waals surface area contributed by atoms with Crippen molar-refractivity contribution in [1.29, 1.82) is 0 Å². The standard InChI is InChI=1S/C36H56O4/c1-22(2)24-11-14-35(21-37)17-16-33(7)25(30(24)35)9-10-27-32(6)15-18-36(28(38)19-23(3)20-29(39)40-36)31(4,5)26(32)12-13-34(27,33)8/h21-27,30H,9-20H2,1-8H3/t23?,24-,25+,26-,27+,30+,32-,33+,34+,35+,36?/m0/s1. The first-order valence-electron chi connectivity index (χ1n) is 16.8. The molecule has 0 aromatic rings. The predicted molar refractivity (Wildman–Crippen MR) is 157 cm³/mol. The molecule has 6 rings (SSSR count). The van der Waals surface area contributed by atoms with Gasteiger partial charge in [0.15, 0.2) is 11.4 Å². The number of hydrogen-bond donors (Lipinski definition) is 0. The van der Waals surface area contributed by atoms with Gasteiger partial charge in [0.05, 0.1) is 0 Å². The van der Waals surface area contributed by atoms with Crippen LogP contribution in [0.2, 0.25) is 0 Å². The highest BCUT2D eigenvalue weighted by Gasteiger charge is 2.73. The van der Waals surface area contributed by atoms with Crippen molar-refractivity contribution < 1.29 is 19.1 Å². The molecule has 1 spiro atoms. The minimum atomic E-state index is -0.976. The summed E-state index contributed by atoms with van der Waals surface area (Å²) in [6.07, 6.45) is 13.1. The van der Waals surface area contributed by atoms with Crippen LogP contribution in [0, 0.1) is 68.5 Å². The smallest absolute Gasteiger partial charge is 0.307 e. The third kappa shape index (κ3) is 3.40. The minimum absolute atomic E-state index is 0.0587. The van der Waals surface area contributed by atoms with Crippen LogP contribution in [0.25, 0.3) is 0 Å². The molecule has 1 heterocycles. The van der Waals surface area contributed by atoms with Crippen LogP contribution >= 0.6 is 0 Å². The average Bonchev–Trinajstić information content (AvgIpc) is 3.21. The lowest BCUT2D eigenvalue weighted by Crippen LogP contribution is -2.70. The average molecular weight is 553 g/mol. The Hall–Kier alpha value is -1.19. The third-order valence-corrected chi connectivity index (χ3v) is 15.6. The first-order chi connectivity index (χ1) is 18.6. The molecule has 1 aliphatic heterocycles. The van der Waals surface area contributed by atoms with E-state index in [2.05, 4.69) is 48.5 Å². The summed E-state index contributed by atoms with van der Waals surface area (Å²) in [5.41, 5.74) is -0.881. The SMILES string of the molecule is CC1CC(=O)OC2(CC[C@]3(C)[C@H]4CC[C@@H]5[C@H]6[C@H](C(C)C)CC[C@]6(C=O)CC[C@@]5(C)[C@]4(C)CC[C@H]3C2(C)C)C(=O)C1. The van der Waals surface area contributed by atoms with Crippen molar-refractivity contribution >= 4 is 18.0 Å². The molecule has 4 heteroatoms. The molecule has 2 unspecified atom stereocenters. The maximum atomic E-state index is 13.9. The topological polar surface area (TPSA) is 60.4 Å². The summed E-state index contributed by atoms with van der Waals surface area (Å²) in [6, 6.07) is 0. The zero-order valence-corrected chi connectivity index (χ0v) is 26.7. The van der Waals surface area contributed by atoms with Crippen LogP contribution in [-0.4, -0.2) is 23.6 Å². The highest BCUT2D eigenvalue weighted by Crippen LogP contribution is 2.78. The predicted octanol–water partition coefficient (Wildman–Crippen LogP) is 8.20. The minimum Gasteiger partial charge on any atom is -0.450 e. The normalized spacial score (nSPS) is 53.6. The number of hydrogen-bond acceptors (Lipinski definition) is 4. The fourth-order valence-corrected chi connectivity index (χ4v) is 13.4.